The van der Waals surface area contributed by atoms with Gasteiger partial charge in [-0.05, 0) is 55.3 Å². The van der Waals surface area contributed by atoms with Crippen LogP contribution in [0.4, 0.5) is 18.9 Å². The smallest absolute Gasteiger partial charge is 0.322 e. The normalized spacial score (nSPS) is 11.3. The number of aryl methyl sites for hydroxylation is 2. The van der Waals surface area contributed by atoms with Gasteiger partial charge in [-0.2, -0.15) is 13.2 Å². The first kappa shape index (κ1) is 20.4. The molecule has 1 amide bonds. The highest BCUT2D eigenvalue weighted by atomic mass is 19.4. The fourth-order valence-electron chi connectivity index (χ4n) is 2.97. The van der Waals surface area contributed by atoms with E-state index < -0.39 is 23.2 Å². The maximum atomic E-state index is 12.7. The molecule has 150 valence electrons. The number of nitrogens with one attached hydrogen (secondary N) is 1. The van der Waals surface area contributed by atoms with Gasteiger partial charge in [0.25, 0.3) is 11.5 Å². The van der Waals surface area contributed by atoms with E-state index in [4.69, 9.17) is 0 Å². The number of carbonyl (C=O) groups excluding carboxylic acids is 1. The average Bonchev–Trinajstić information content (AvgIpc) is 2.65. The number of aromatic nitrogens is 1. The van der Waals surface area contributed by atoms with Crippen molar-refractivity contribution in [1.29, 1.82) is 0 Å². The number of nitrogens with zero attached hydrogens (tertiary/aromatic N) is 1. The number of halogens is 3. The summed E-state index contributed by atoms with van der Waals surface area (Å²) in [6, 6.07) is 13.1. The van der Waals surface area contributed by atoms with Crippen molar-refractivity contribution in [2.75, 3.05) is 5.32 Å². The van der Waals surface area contributed by atoms with Crippen molar-refractivity contribution in [2.24, 2.45) is 0 Å². The maximum Gasteiger partial charge on any atom is 0.416 e. The lowest BCUT2D eigenvalue weighted by Crippen LogP contribution is -2.29. The van der Waals surface area contributed by atoms with Crippen LogP contribution in [0, 0.1) is 13.8 Å². The Morgan fingerprint density at radius 1 is 1.03 bits per heavy atom. The van der Waals surface area contributed by atoms with E-state index in [1.54, 1.807) is 12.1 Å². The standard InChI is InChI=1S/C22H19F3N2O2/c1-14-5-10-19(15(2)12-14)26-20(28)18-4-3-11-27(21(18)29)13-16-6-8-17(9-7-16)22(23,24)25/h3-12H,13H2,1-2H3,(H,26,28). The molecular weight excluding hydrogens is 381 g/mol. The van der Waals surface area contributed by atoms with Crippen molar-refractivity contribution in [2.45, 2.75) is 26.6 Å². The van der Waals surface area contributed by atoms with Gasteiger partial charge in [0.1, 0.15) is 5.56 Å². The van der Waals surface area contributed by atoms with Gasteiger partial charge < -0.3 is 9.88 Å². The van der Waals surface area contributed by atoms with Crippen LogP contribution in [0.2, 0.25) is 0 Å². The lowest BCUT2D eigenvalue weighted by molar-refractivity contribution is -0.137. The molecule has 0 atom stereocenters. The van der Waals surface area contributed by atoms with Gasteiger partial charge in [0, 0.05) is 11.9 Å². The van der Waals surface area contributed by atoms with Gasteiger partial charge in [-0.25, -0.2) is 0 Å². The Morgan fingerprint density at radius 2 is 1.72 bits per heavy atom. The molecule has 0 saturated heterocycles. The predicted octanol–water partition coefficient (Wildman–Crippen LogP) is 4.78. The predicted molar refractivity (Wildman–Crippen MR) is 105 cm³/mol. The van der Waals surface area contributed by atoms with E-state index in [1.807, 2.05) is 26.0 Å². The first-order valence-corrected chi connectivity index (χ1v) is 8.89. The molecule has 3 aromatic rings. The molecule has 4 nitrogen and oxygen atoms in total. The molecule has 29 heavy (non-hydrogen) atoms. The summed E-state index contributed by atoms with van der Waals surface area (Å²) < 4.78 is 39.3. The fourth-order valence-corrected chi connectivity index (χ4v) is 2.97. The van der Waals surface area contributed by atoms with E-state index in [2.05, 4.69) is 5.32 Å². The van der Waals surface area contributed by atoms with Crippen LogP contribution in [0.15, 0.2) is 65.6 Å². The van der Waals surface area contributed by atoms with Gasteiger partial charge in [-0.15, -0.1) is 0 Å². The number of carbonyl (C=O) groups is 1. The third kappa shape index (κ3) is 4.74. The largest absolute Gasteiger partial charge is 0.416 e. The van der Waals surface area contributed by atoms with Crippen LogP contribution < -0.4 is 10.9 Å². The number of anilines is 1. The molecule has 1 aromatic heterocycles. The zero-order chi connectivity index (χ0) is 21.2. The molecule has 0 aliphatic heterocycles. The lowest BCUT2D eigenvalue weighted by Gasteiger charge is -2.11. The second-order valence-electron chi connectivity index (χ2n) is 6.82. The first-order chi connectivity index (χ1) is 13.6. The van der Waals surface area contributed by atoms with Crippen LogP contribution in [0.5, 0.6) is 0 Å². The van der Waals surface area contributed by atoms with E-state index in [1.165, 1.54) is 29.0 Å². The van der Waals surface area contributed by atoms with Crippen molar-refractivity contribution in [3.8, 4) is 0 Å². The van der Waals surface area contributed by atoms with Gasteiger partial charge in [0.05, 0.1) is 12.1 Å². The zero-order valence-electron chi connectivity index (χ0n) is 15.9. The molecule has 3 rings (SSSR count). The molecule has 1 N–H and O–H groups in total. The third-order valence-corrected chi connectivity index (χ3v) is 4.53. The Balaban J connectivity index is 1.82. The second-order valence-corrected chi connectivity index (χ2v) is 6.82. The topological polar surface area (TPSA) is 51.1 Å². The van der Waals surface area contributed by atoms with E-state index >= 15 is 0 Å². The molecular formula is C22H19F3N2O2. The number of pyridine rings is 1. The number of amides is 1. The highest BCUT2D eigenvalue weighted by Crippen LogP contribution is 2.29. The minimum Gasteiger partial charge on any atom is -0.322 e. The van der Waals surface area contributed by atoms with Gasteiger partial charge in [-0.1, -0.05) is 29.8 Å². The Kier molecular flexibility index (Phi) is 5.59. The SMILES string of the molecule is Cc1ccc(NC(=O)c2cccn(Cc3ccc(C(F)(F)F)cc3)c2=O)c(C)c1. The van der Waals surface area contributed by atoms with E-state index in [0.29, 0.717) is 11.3 Å². The maximum absolute atomic E-state index is 12.7. The van der Waals surface area contributed by atoms with Crippen LogP contribution in [-0.2, 0) is 12.7 Å². The van der Waals surface area contributed by atoms with Gasteiger partial charge >= 0.3 is 6.18 Å². The van der Waals surface area contributed by atoms with Crippen molar-refractivity contribution in [3.63, 3.8) is 0 Å². The first-order valence-electron chi connectivity index (χ1n) is 8.89. The molecule has 0 spiro atoms. The van der Waals surface area contributed by atoms with Crippen LogP contribution in [-0.4, -0.2) is 10.5 Å². The Hall–Kier alpha value is -3.35. The number of hydrogen-bond donors (Lipinski definition) is 1. The zero-order valence-corrected chi connectivity index (χ0v) is 15.9. The summed E-state index contributed by atoms with van der Waals surface area (Å²) in [6.07, 6.45) is -2.92. The van der Waals surface area contributed by atoms with Crippen LogP contribution in [0.1, 0.15) is 32.6 Å². The van der Waals surface area contributed by atoms with E-state index in [-0.39, 0.29) is 12.1 Å². The summed E-state index contributed by atoms with van der Waals surface area (Å²) >= 11 is 0. The minimum absolute atomic E-state index is 0.0422. The molecule has 0 fully saturated rings. The minimum atomic E-state index is -4.42. The van der Waals surface area contributed by atoms with Crippen molar-refractivity contribution >= 4 is 11.6 Å². The molecule has 2 aromatic carbocycles. The van der Waals surface area contributed by atoms with Crippen molar-refractivity contribution in [1.82, 2.24) is 4.57 Å². The molecule has 1 heterocycles. The summed E-state index contributed by atoms with van der Waals surface area (Å²) in [4.78, 5) is 25.3. The number of benzene rings is 2. The molecule has 0 bridgehead atoms. The Bertz CT molecular complexity index is 1100. The van der Waals surface area contributed by atoms with Crippen LogP contribution >= 0.6 is 0 Å². The van der Waals surface area contributed by atoms with E-state index in [9.17, 15) is 22.8 Å². The fraction of sp³-hybridized carbons (Fsp3) is 0.182. The van der Waals surface area contributed by atoms with Gasteiger partial charge in [0.15, 0.2) is 0 Å². The molecule has 7 heteroatoms. The molecule has 0 radical (unpaired) electrons. The van der Waals surface area contributed by atoms with Crippen LogP contribution in [0.25, 0.3) is 0 Å². The van der Waals surface area contributed by atoms with Gasteiger partial charge in [0.2, 0.25) is 0 Å². The molecule has 0 aliphatic carbocycles. The third-order valence-electron chi connectivity index (χ3n) is 4.53. The Labute approximate surface area is 165 Å². The van der Waals surface area contributed by atoms with E-state index in [0.717, 1.165) is 23.3 Å². The number of alkyl halides is 3. The Morgan fingerprint density at radius 3 is 2.34 bits per heavy atom. The van der Waals surface area contributed by atoms with Gasteiger partial charge in [-0.3, -0.25) is 9.59 Å². The summed E-state index contributed by atoms with van der Waals surface area (Å²) in [6.45, 7) is 3.86. The summed E-state index contributed by atoms with van der Waals surface area (Å²) in [5.74, 6) is -0.538. The second kappa shape index (κ2) is 7.95. The molecule has 0 saturated carbocycles. The van der Waals surface area contributed by atoms with Crippen molar-refractivity contribution < 1.29 is 18.0 Å². The van der Waals surface area contributed by atoms with Crippen molar-refractivity contribution in [3.05, 3.63) is 99.0 Å². The number of rotatable bonds is 4. The highest BCUT2D eigenvalue weighted by Gasteiger charge is 2.29. The number of hydrogen-bond acceptors (Lipinski definition) is 2. The summed E-state index contributed by atoms with van der Waals surface area (Å²) in [7, 11) is 0. The summed E-state index contributed by atoms with van der Waals surface area (Å²) in [5.41, 5.74) is 1.74. The average molecular weight is 400 g/mol. The monoisotopic (exact) mass is 400 g/mol. The lowest BCUT2D eigenvalue weighted by atomic mass is 10.1. The van der Waals surface area contributed by atoms with Crippen LogP contribution in [0.3, 0.4) is 0 Å². The quantitative estimate of drug-likeness (QED) is 0.685. The molecule has 0 unspecified atom stereocenters. The highest BCUT2D eigenvalue weighted by molar-refractivity contribution is 6.04. The summed E-state index contributed by atoms with van der Waals surface area (Å²) in [5, 5.41) is 2.73. The molecule has 0 aliphatic rings.